The van der Waals surface area contributed by atoms with Gasteiger partial charge in [0.05, 0.1) is 18.2 Å². The second-order valence-corrected chi connectivity index (χ2v) is 4.21. The van der Waals surface area contributed by atoms with E-state index in [-0.39, 0.29) is 5.76 Å². The molecule has 4 nitrogen and oxygen atoms in total. The summed E-state index contributed by atoms with van der Waals surface area (Å²) < 4.78 is 16.2. The molecule has 0 atom stereocenters. The summed E-state index contributed by atoms with van der Waals surface area (Å²) in [4.78, 5) is 11.5. The molecule has 5 heteroatoms. The molecule has 2 aromatic rings. The minimum atomic E-state index is -0.463. The van der Waals surface area contributed by atoms with E-state index in [0.717, 1.165) is 9.86 Å². The second kappa shape index (κ2) is 4.79. The molecule has 0 radical (unpaired) electrons. The molecule has 1 aromatic carbocycles. The Morgan fingerprint density at radius 3 is 2.82 bits per heavy atom. The molecule has 90 valence electrons. The number of halogens is 1. The van der Waals surface area contributed by atoms with E-state index >= 15 is 0 Å². The van der Waals surface area contributed by atoms with Crippen molar-refractivity contribution in [1.29, 1.82) is 0 Å². The van der Waals surface area contributed by atoms with Crippen LogP contribution in [0.15, 0.2) is 27.1 Å². The molecule has 0 spiro atoms. The predicted octanol–water partition coefficient (Wildman–Crippen LogP) is 3.38. The number of hydrogen-bond donors (Lipinski definition) is 0. The highest BCUT2D eigenvalue weighted by Gasteiger charge is 2.15. The molecule has 0 aliphatic heterocycles. The van der Waals surface area contributed by atoms with E-state index in [9.17, 15) is 4.79 Å². The van der Waals surface area contributed by atoms with Crippen LogP contribution in [-0.2, 0) is 4.74 Å². The van der Waals surface area contributed by atoms with Gasteiger partial charge in [-0.15, -0.1) is 0 Å². The van der Waals surface area contributed by atoms with Gasteiger partial charge in [-0.2, -0.15) is 0 Å². The minimum absolute atomic E-state index is 0.191. The summed E-state index contributed by atoms with van der Waals surface area (Å²) in [6.45, 7) is 2.07. The van der Waals surface area contributed by atoms with Crippen molar-refractivity contribution < 1.29 is 18.7 Å². The standard InChI is InChI=1S/C12H11BrO4/c1-3-16-12(14)10-5-7-4-8(15-2)6-9(13)11(7)17-10/h4-6H,3H2,1-2H3. The molecule has 2 rings (SSSR count). The number of hydrogen-bond acceptors (Lipinski definition) is 4. The second-order valence-electron chi connectivity index (χ2n) is 3.36. The van der Waals surface area contributed by atoms with Crippen molar-refractivity contribution in [3.63, 3.8) is 0 Å². The van der Waals surface area contributed by atoms with Crippen LogP contribution in [0.25, 0.3) is 11.0 Å². The molecule has 0 bridgehead atoms. The van der Waals surface area contributed by atoms with E-state index in [1.54, 1.807) is 32.2 Å². The van der Waals surface area contributed by atoms with Crippen LogP contribution in [0.5, 0.6) is 5.75 Å². The Balaban J connectivity index is 2.49. The average molecular weight is 299 g/mol. The molecule has 0 N–H and O–H groups in total. The number of furan rings is 1. The zero-order chi connectivity index (χ0) is 12.4. The van der Waals surface area contributed by atoms with Crippen LogP contribution in [0.3, 0.4) is 0 Å². The predicted molar refractivity (Wildman–Crippen MR) is 66.4 cm³/mol. The molecular formula is C12H11BrO4. The van der Waals surface area contributed by atoms with Crippen molar-refractivity contribution in [2.75, 3.05) is 13.7 Å². The molecule has 17 heavy (non-hydrogen) atoms. The third-order valence-electron chi connectivity index (χ3n) is 2.26. The third-order valence-corrected chi connectivity index (χ3v) is 2.85. The van der Waals surface area contributed by atoms with Gasteiger partial charge in [-0.1, -0.05) is 0 Å². The first kappa shape index (κ1) is 12.0. The van der Waals surface area contributed by atoms with Crippen molar-refractivity contribution >= 4 is 32.9 Å². The van der Waals surface area contributed by atoms with Gasteiger partial charge in [0, 0.05) is 5.39 Å². The maximum absolute atomic E-state index is 11.5. The lowest BCUT2D eigenvalue weighted by Crippen LogP contribution is -2.02. The van der Waals surface area contributed by atoms with Crippen molar-refractivity contribution in [1.82, 2.24) is 0 Å². The number of ether oxygens (including phenoxy) is 2. The Bertz CT molecular complexity index is 559. The SMILES string of the molecule is CCOC(=O)c1cc2cc(OC)cc(Br)c2o1. The van der Waals surface area contributed by atoms with Gasteiger partial charge in [0.15, 0.2) is 0 Å². The maximum Gasteiger partial charge on any atom is 0.374 e. The number of esters is 1. The summed E-state index contributed by atoms with van der Waals surface area (Å²) in [6.07, 6.45) is 0. The van der Waals surface area contributed by atoms with Crippen LogP contribution in [0.2, 0.25) is 0 Å². The maximum atomic E-state index is 11.5. The summed E-state index contributed by atoms with van der Waals surface area (Å²) in [7, 11) is 1.58. The molecule has 0 amide bonds. The molecule has 0 fully saturated rings. The van der Waals surface area contributed by atoms with Gasteiger partial charge in [0.2, 0.25) is 5.76 Å². The van der Waals surface area contributed by atoms with Crippen LogP contribution < -0.4 is 4.74 Å². The van der Waals surface area contributed by atoms with Crippen LogP contribution in [0.1, 0.15) is 17.5 Å². The highest BCUT2D eigenvalue weighted by molar-refractivity contribution is 9.10. The third kappa shape index (κ3) is 2.29. The number of fused-ring (bicyclic) bond motifs is 1. The van der Waals surface area contributed by atoms with Crippen LogP contribution in [0, 0.1) is 0 Å². The number of benzene rings is 1. The highest BCUT2D eigenvalue weighted by Crippen LogP contribution is 2.32. The number of carbonyl (C=O) groups is 1. The van der Waals surface area contributed by atoms with E-state index in [0.29, 0.717) is 17.9 Å². The Hall–Kier alpha value is -1.49. The zero-order valence-corrected chi connectivity index (χ0v) is 11.0. The van der Waals surface area contributed by atoms with Gasteiger partial charge in [-0.05, 0) is 41.1 Å². The van der Waals surface area contributed by atoms with E-state index in [1.807, 2.05) is 0 Å². The average Bonchev–Trinajstić information content (AvgIpc) is 2.73. The van der Waals surface area contributed by atoms with Crippen molar-refractivity contribution in [2.45, 2.75) is 6.92 Å². The summed E-state index contributed by atoms with van der Waals surface area (Å²) in [6, 6.07) is 5.22. The largest absolute Gasteiger partial charge is 0.497 e. The fourth-order valence-corrected chi connectivity index (χ4v) is 2.04. The Morgan fingerprint density at radius 2 is 2.18 bits per heavy atom. The lowest BCUT2D eigenvalue weighted by atomic mass is 10.2. The van der Waals surface area contributed by atoms with Gasteiger partial charge in [0.25, 0.3) is 0 Å². The Labute approximate surface area is 107 Å². The number of carbonyl (C=O) groups excluding carboxylic acids is 1. The van der Waals surface area contributed by atoms with Gasteiger partial charge in [0.1, 0.15) is 11.3 Å². The summed E-state index contributed by atoms with van der Waals surface area (Å²) in [5, 5.41) is 0.791. The monoisotopic (exact) mass is 298 g/mol. The first-order valence-electron chi connectivity index (χ1n) is 5.10. The summed E-state index contributed by atoms with van der Waals surface area (Å²) in [5.74, 6) is 0.422. The van der Waals surface area contributed by atoms with Crippen molar-refractivity contribution in [3.05, 3.63) is 28.4 Å². The van der Waals surface area contributed by atoms with E-state index in [1.165, 1.54) is 0 Å². The quantitative estimate of drug-likeness (QED) is 0.815. The van der Waals surface area contributed by atoms with E-state index in [2.05, 4.69) is 15.9 Å². The first-order chi connectivity index (χ1) is 8.15. The van der Waals surface area contributed by atoms with Crippen molar-refractivity contribution in [2.24, 2.45) is 0 Å². The molecule has 0 unspecified atom stereocenters. The topological polar surface area (TPSA) is 48.7 Å². The van der Waals surface area contributed by atoms with Gasteiger partial charge in [-0.25, -0.2) is 4.79 Å². The lowest BCUT2D eigenvalue weighted by Gasteiger charge is -1.99. The van der Waals surface area contributed by atoms with Crippen LogP contribution in [0.4, 0.5) is 0 Å². The first-order valence-corrected chi connectivity index (χ1v) is 5.89. The number of methoxy groups -OCH3 is 1. The zero-order valence-electron chi connectivity index (χ0n) is 9.45. The molecule has 0 aliphatic rings. The number of rotatable bonds is 3. The fourth-order valence-electron chi connectivity index (χ4n) is 1.51. The molecule has 1 heterocycles. The van der Waals surface area contributed by atoms with Gasteiger partial charge < -0.3 is 13.9 Å². The molecule has 0 aliphatic carbocycles. The smallest absolute Gasteiger partial charge is 0.374 e. The highest BCUT2D eigenvalue weighted by atomic mass is 79.9. The van der Waals surface area contributed by atoms with Crippen LogP contribution >= 0.6 is 15.9 Å². The minimum Gasteiger partial charge on any atom is -0.497 e. The normalized spacial score (nSPS) is 10.5. The van der Waals surface area contributed by atoms with E-state index in [4.69, 9.17) is 13.9 Å². The Kier molecular flexibility index (Phi) is 3.38. The summed E-state index contributed by atoms with van der Waals surface area (Å²) >= 11 is 3.36. The fraction of sp³-hybridized carbons (Fsp3) is 0.250. The molecule has 0 saturated heterocycles. The lowest BCUT2D eigenvalue weighted by molar-refractivity contribution is 0.0492. The molecular weight excluding hydrogens is 288 g/mol. The Morgan fingerprint density at radius 1 is 1.41 bits per heavy atom. The van der Waals surface area contributed by atoms with Crippen molar-refractivity contribution in [3.8, 4) is 5.75 Å². The summed E-state index contributed by atoms with van der Waals surface area (Å²) in [5.41, 5.74) is 0.605. The van der Waals surface area contributed by atoms with Gasteiger partial charge >= 0.3 is 5.97 Å². The van der Waals surface area contributed by atoms with E-state index < -0.39 is 5.97 Å². The van der Waals surface area contributed by atoms with Gasteiger partial charge in [-0.3, -0.25) is 0 Å². The molecule has 0 saturated carbocycles. The molecule has 1 aromatic heterocycles. The van der Waals surface area contributed by atoms with Crippen LogP contribution in [-0.4, -0.2) is 19.7 Å².